The average Bonchev–Trinajstić information content (AvgIpc) is 2.92. The molecule has 0 spiro atoms. The summed E-state index contributed by atoms with van der Waals surface area (Å²) in [4.78, 5) is 0.357. The first-order valence-corrected chi connectivity index (χ1v) is 7.70. The van der Waals surface area contributed by atoms with Crippen molar-refractivity contribution < 1.29 is 8.42 Å². The summed E-state index contributed by atoms with van der Waals surface area (Å²) in [6.45, 7) is 5.81. The van der Waals surface area contributed by atoms with E-state index in [2.05, 4.69) is 15.5 Å². The summed E-state index contributed by atoms with van der Waals surface area (Å²) in [6, 6.07) is 0.115. The molecule has 0 radical (unpaired) electrons. The van der Waals surface area contributed by atoms with Gasteiger partial charge in [0.15, 0.2) is 0 Å². The number of H-pyrrole nitrogens is 1. The van der Waals surface area contributed by atoms with E-state index in [9.17, 15) is 8.42 Å². The van der Waals surface area contributed by atoms with Crippen molar-refractivity contribution in [3.63, 3.8) is 0 Å². The van der Waals surface area contributed by atoms with Gasteiger partial charge in [-0.25, -0.2) is 8.42 Å². The largest absolute Gasteiger partial charge is 0.315 e. The summed E-state index contributed by atoms with van der Waals surface area (Å²) in [5.74, 6) is 0.465. The Morgan fingerprint density at radius 2 is 2.11 bits per heavy atom. The molecule has 6 nitrogen and oxygen atoms in total. The van der Waals surface area contributed by atoms with Crippen molar-refractivity contribution in [1.82, 2.24) is 19.8 Å². The molecule has 3 heterocycles. The van der Waals surface area contributed by atoms with Gasteiger partial charge in [0.05, 0.1) is 11.4 Å². The van der Waals surface area contributed by atoms with Crippen LogP contribution in [0.4, 0.5) is 0 Å². The Morgan fingerprint density at radius 3 is 2.78 bits per heavy atom. The fraction of sp³-hybridized carbons (Fsp3) is 0.727. The molecule has 0 amide bonds. The molecule has 2 atom stereocenters. The lowest BCUT2D eigenvalue weighted by molar-refractivity contribution is 0.382. The minimum absolute atomic E-state index is 0.115. The van der Waals surface area contributed by atoms with Crippen LogP contribution in [0.1, 0.15) is 17.8 Å². The highest BCUT2D eigenvalue weighted by molar-refractivity contribution is 7.89. The number of fused-ring (bicyclic) bond motifs is 1. The van der Waals surface area contributed by atoms with Crippen molar-refractivity contribution in [3.05, 3.63) is 11.4 Å². The quantitative estimate of drug-likeness (QED) is 0.793. The Bertz CT molecular complexity index is 546. The molecule has 2 aliphatic rings. The van der Waals surface area contributed by atoms with Gasteiger partial charge in [-0.05, 0) is 32.7 Å². The predicted molar refractivity (Wildman–Crippen MR) is 66.7 cm³/mol. The van der Waals surface area contributed by atoms with E-state index < -0.39 is 10.0 Å². The van der Waals surface area contributed by atoms with Crippen LogP contribution < -0.4 is 5.32 Å². The molecular weight excluding hydrogens is 252 g/mol. The van der Waals surface area contributed by atoms with Crippen LogP contribution in [0.2, 0.25) is 0 Å². The second kappa shape index (κ2) is 4.04. The third-order valence-electron chi connectivity index (χ3n) is 4.02. The van der Waals surface area contributed by atoms with E-state index in [0.29, 0.717) is 28.7 Å². The normalized spacial score (nSPS) is 28.8. The minimum atomic E-state index is -3.41. The fourth-order valence-electron chi connectivity index (χ4n) is 3.15. The average molecular weight is 270 g/mol. The maximum Gasteiger partial charge on any atom is 0.247 e. The molecule has 0 aromatic carbocycles. The number of rotatable bonds is 2. The maximum absolute atomic E-state index is 12.7. The number of sulfonamides is 1. The van der Waals surface area contributed by atoms with Crippen LogP contribution in [0, 0.1) is 19.8 Å². The van der Waals surface area contributed by atoms with Gasteiger partial charge in [-0.15, -0.1) is 0 Å². The van der Waals surface area contributed by atoms with Crippen LogP contribution in [0.3, 0.4) is 0 Å². The third kappa shape index (κ3) is 1.61. The van der Waals surface area contributed by atoms with Crippen LogP contribution in [-0.2, 0) is 10.0 Å². The molecule has 1 aromatic rings. The number of hydrogen-bond acceptors (Lipinski definition) is 4. The summed E-state index contributed by atoms with van der Waals surface area (Å²) in [5, 5.41) is 10.0. The van der Waals surface area contributed by atoms with E-state index in [1.165, 1.54) is 0 Å². The Kier molecular flexibility index (Phi) is 2.72. The van der Waals surface area contributed by atoms with Gasteiger partial charge in [0.1, 0.15) is 4.90 Å². The lowest BCUT2D eigenvalue weighted by Crippen LogP contribution is -2.39. The van der Waals surface area contributed by atoms with Gasteiger partial charge in [0, 0.05) is 19.1 Å². The molecule has 7 heteroatoms. The highest BCUT2D eigenvalue weighted by atomic mass is 32.2. The molecule has 0 unspecified atom stereocenters. The molecule has 2 saturated heterocycles. The molecule has 18 heavy (non-hydrogen) atoms. The van der Waals surface area contributed by atoms with Crippen molar-refractivity contribution in [3.8, 4) is 0 Å². The van der Waals surface area contributed by atoms with E-state index in [1.54, 1.807) is 18.2 Å². The van der Waals surface area contributed by atoms with Crippen molar-refractivity contribution in [2.45, 2.75) is 31.2 Å². The number of nitrogens with one attached hydrogen (secondary N) is 2. The first-order chi connectivity index (χ1) is 8.51. The lowest BCUT2D eigenvalue weighted by atomic mass is 10.1. The first kappa shape index (κ1) is 12.1. The molecule has 1 aromatic heterocycles. The zero-order valence-corrected chi connectivity index (χ0v) is 11.4. The lowest BCUT2D eigenvalue weighted by Gasteiger charge is -2.22. The SMILES string of the molecule is Cc1n[nH]c(C)c1S(=O)(=O)N1CC[C@@H]2CNC[C@@H]21. The summed E-state index contributed by atoms with van der Waals surface area (Å²) < 4.78 is 27.1. The van der Waals surface area contributed by atoms with Gasteiger partial charge in [-0.2, -0.15) is 9.40 Å². The molecule has 0 aliphatic carbocycles. The summed E-state index contributed by atoms with van der Waals surface area (Å²) >= 11 is 0. The standard InChI is InChI=1S/C11H18N4O2S/c1-7-11(8(2)14-13-7)18(16,17)15-4-3-9-5-12-6-10(9)15/h9-10,12H,3-6H2,1-2H3,(H,13,14)/t9-,10+/m1/s1. The van der Waals surface area contributed by atoms with Gasteiger partial charge >= 0.3 is 0 Å². The van der Waals surface area contributed by atoms with Crippen LogP contribution >= 0.6 is 0 Å². The van der Waals surface area contributed by atoms with Crippen LogP contribution in [0.15, 0.2) is 4.90 Å². The molecule has 2 fully saturated rings. The Morgan fingerprint density at radius 1 is 1.33 bits per heavy atom. The van der Waals surface area contributed by atoms with Crippen molar-refractivity contribution in [2.75, 3.05) is 19.6 Å². The first-order valence-electron chi connectivity index (χ1n) is 6.26. The van der Waals surface area contributed by atoms with Crippen molar-refractivity contribution >= 4 is 10.0 Å². The van der Waals surface area contributed by atoms with E-state index in [0.717, 1.165) is 19.5 Å². The van der Waals surface area contributed by atoms with E-state index in [-0.39, 0.29) is 6.04 Å². The van der Waals surface area contributed by atoms with Crippen molar-refractivity contribution in [1.29, 1.82) is 0 Å². The van der Waals surface area contributed by atoms with Gasteiger partial charge < -0.3 is 5.32 Å². The predicted octanol–water partition coefficient (Wildman–Crippen LogP) is 0.00894. The smallest absolute Gasteiger partial charge is 0.247 e. The molecule has 2 aliphatic heterocycles. The molecular formula is C11H18N4O2S. The zero-order valence-electron chi connectivity index (χ0n) is 10.6. The fourth-order valence-corrected chi connectivity index (χ4v) is 5.18. The number of nitrogens with zero attached hydrogens (tertiary/aromatic N) is 2. The van der Waals surface area contributed by atoms with E-state index in [4.69, 9.17) is 0 Å². The third-order valence-corrected chi connectivity index (χ3v) is 6.21. The zero-order chi connectivity index (χ0) is 12.9. The van der Waals surface area contributed by atoms with Gasteiger partial charge in [-0.3, -0.25) is 5.10 Å². The molecule has 100 valence electrons. The molecule has 3 rings (SSSR count). The Labute approximate surface area is 107 Å². The number of aromatic nitrogens is 2. The van der Waals surface area contributed by atoms with Crippen LogP contribution in [-0.4, -0.2) is 48.6 Å². The maximum atomic E-state index is 12.7. The summed E-state index contributed by atoms with van der Waals surface area (Å²) in [7, 11) is -3.41. The Balaban J connectivity index is 2.01. The second-order valence-corrected chi connectivity index (χ2v) is 6.98. The van der Waals surface area contributed by atoms with E-state index in [1.807, 2.05) is 0 Å². The van der Waals surface area contributed by atoms with E-state index >= 15 is 0 Å². The topological polar surface area (TPSA) is 78.1 Å². The molecule has 0 bridgehead atoms. The summed E-state index contributed by atoms with van der Waals surface area (Å²) in [5.41, 5.74) is 1.18. The van der Waals surface area contributed by atoms with Gasteiger partial charge in [0.25, 0.3) is 0 Å². The second-order valence-electron chi connectivity index (χ2n) is 5.15. The minimum Gasteiger partial charge on any atom is -0.315 e. The van der Waals surface area contributed by atoms with Crippen LogP contribution in [0.5, 0.6) is 0 Å². The highest BCUT2D eigenvalue weighted by Crippen LogP contribution is 2.33. The number of hydrogen-bond donors (Lipinski definition) is 2. The number of aromatic amines is 1. The highest BCUT2D eigenvalue weighted by Gasteiger charge is 2.44. The monoisotopic (exact) mass is 270 g/mol. The van der Waals surface area contributed by atoms with Gasteiger partial charge in [0.2, 0.25) is 10.0 Å². The van der Waals surface area contributed by atoms with Gasteiger partial charge in [-0.1, -0.05) is 0 Å². The van der Waals surface area contributed by atoms with Crippen LogP contribution in [0.25, 0.3) is 0 Å². The Hall–Kier alpha value is -0.920. The van der Waals surface area contributed by atoms with Crippen molar-refractivity contribution in [2.24, 2.45) is 5.92 Å². The molecule has 2 N–H and O–H groups in total. The molecule has 0 saturated carbocycles. The number of aryl methyl sites for hydroxylation is 2. The summed E-state index contributed by atoms with van der Waals surface area (Å²) in [6.07, 6.45) is 0.951.